The number of halogens is 3. The molecule has 1 N–H and O–H groups in total. The van der Waals surface area contributed by atoms with Crippen LogP contribution in [0.15, 0.2) is 24.3 Å². The largest absolute Gasteiger partial charge is 0.478 e. The molecule has 2 fully saturated rings. The van der Waals surface area contributed by atoms with Crippen LogP contribution < -0.4 is 4.90 Å². The van der Waals surface area contributed by atoms with E-state index in [2.05, 4.69) is 4.98 Å². The molecule has 0 unspecified atom stereocenters. The number of imidazole rings is 1. The number of anilines is 1. The maximum Gasteiger partial charge on any atom is 0.416 e. The van der Waals surface area contributed by atoms with Gasteiger partial charge in [0.25, 0.3) is 0 Å². The number of benzene rings is 1. The van der Waals surface area contributed by atoms with Crippen LogP contribution in [0.1, 0.15) is 38.4 Å². The Kier molecular flexibility index (Phi) is 7.29. The van der Waals surface area contributed by atoms with Crippen molar-refractivity contribution in [3.63, 3.8) is 0 Å². The lowest BCUT2D eigenvalue weighted by Gasteiger charge is -2.28. The maximum atomic E-state index is 13.6. The summed E-state index contributed by atoms with van der Waals surface area (Å²) in [4.78, 5) is 20.7. The minimum absolute atomic E-state index is 0.0117. The van der Waals surface area contributed by atoms with E-state index in [0.717, 1.165) is 6.07 Å². The zero-order valence-electron chi connectivity index (χ0n) is 21.2. The molecular weight excluding hydrogens is 539 g/mol. The second-order valence-electron chi connectivity index (χ2n) is 9.75. The van der Waals surface area contributed by atoms with Crippen molar-refractivity contribution in [1.82, 2.24) is 19.5 Å². The summed E-state index contributed by atoms with van der Waals surface area (Å²) >= 11 is 0. The minimum Gasteiger partial charge on any atom is -0.478 e. The summed E-state index contributed by atoms with van der Waals surface area (Å²) in [6, 6.07) is 5.43. The molecule has 4 heterocycles. The van der Waals surface area contributed by atoms with E-state index in [9.17, 15) is 31.5 Å². The molecule has 5 rings (SSSR count). The van der Waals surface area contributed by atoms with E-state index in [1.54, 1.807) is 6.07 Å². The third-order valence-electron chi connectivity index (χ3n) is 7.23. The fourth-order valence-corrected chi connectivity index (χ4v) is 6.26. The highest BCUT2D eigenvalue weighted by atomic mass is 32.2. The number of aromatic nitrogens is 3. The zero-order valence-corrected chi connectivity index (χ0v) is 22.1. The number of fused-ring (bicyclic) bond motifs is 1. The Labute approximate surface area is 222 Å². The predicted octanol–water partition coefficient (Wildman–Crippen LogP) is 2.41. The first kappa shape index (κ1) is 27.3. The van der Waals surface area contributed by atoms with Crippen LogP contribution in [0.25, 0.3) is 5.65 Å². The highest BCUT2D eigenvalue weighted by Gasteiger charge is 2.33. The van der Waals surface area contributed by atoms with E-state index < -0.39 is 27.5 Å². The van der Waals surface area contributed by atoms with E-state index in [1.807, 2.05) is 9.80 Å². The molecule has 0 aliphatic carbocycles. The van der Waals surface area contributed by atoms with Crippen molar-refractivity contribution in [2.45, 2.75) is 26.1 Å². The molecule has 0 amide bonds. The summed E-state index contributed by atoms with van der Waals surface area (Å²) in [5.74, 6) is -0.831. The average molecular weight is 568 g/mol. The van der Waals surface area contributed by atoms with Crippen LogP contribution in [-0.4, -0.2) is 89.9 Å². The highest BCUT2D eigenvalue weighted by Crippen LogP contribution is 2.34. The summed E-state index contributed by atoms with van der Waals surface area (Å²) in [7, 11) is -3.13. The van der Waals surface area contributed by atoms with Gasteiger partial charge in [0.2, 0.25) is 0 Å². The van der Waals surface area contributed by atoms with Gasteiger partial charge in [0, 0.05) is 45.2 Å². The quantitative estimate of drug-likeness (QED) is 0.479. The van der Waals surface area contributed by atoms with E-state index >= 15 is 0 Å². The molecule has 2 aliphatic heterocycles. The summed E-state index contributed by atoms with van der Waals surface area (Å²) in [6.45, 7) is 4.07. The summed E-state index contributed by atoms with van der Waals surface area (Å²) in [5.41, 5.74) is 0.630. The lowest BCUT2D eigenvalue weighted by molar-refractivity contribution is -0.138. The number of carbonyl (C=O) groups is 1. The molecule has 2 aliphatic rings. The van der Waals surface area contributed by atoms with Crippen molar-refractivity contribution in [1.29, 1.82) is 0 Å². The van der Waals surface area contributed by atoms with Gasteiger partial charge in [0.15, 0.2) is 21.3 Å². The Morgan fingerprint density at radius 1 is 1.13 bits per heavy atom. The molecule has 14 heteroatoms. The first-order chi connectivity index (χ1) is 18.4. The smallest absolute Gasteiger partial charge is 0.416 e. The Balaban J connectivity index is 1.64. The van der Waals surface area contributed by atoms with Crippen molar-refractivity contribution in [2.24, 2.45) is 0 Å². The number of hydrogen-bond acceptors (Lipinski definition) is 8. The summed E-state index contributed by atoms with van der Waals surface area (Å²) in [5, 5.41) is 14.7. The number of rotatable bonds is 6. The third-order valence-corrected chi connectivity index (χ3v) is 8.84. The van der Waals surface area contributed by atoms with Crippen LogP contribution in [0.2, 0.25) is 0 Å². The van der Waals surface area contributed by atoms with Gasteiger partial charge in [0.05, 0.1) is 41.7 Å². The van der Waals surface area contributed by atoms with Gasteiger partial charge in [-0.2, -0.15) is 13.2 Å². The molecule has 0 bridgehead atoms. The van der Waals surface area contributed by atoms with E-state index in [0.29, 0.717) is 49.1 Å². The summed E-state index contributed by atoms with van der Waals surface area (Å²) < 4.78 is 71.6. The first-order valence-electron chi connectivity index (χ1n) is 12.5. The topological polar surface area (TPSA) is 117 Å². The number of ether oxygens (including phenoxy) is 1. The number of morpholine rings is 1. The van der Waals surface area contributed by atoms with Gasteiger partial charge in [-0.1, -0.05) is 12.1 Å². The van der Waals surface area contributed by atoms with Crippen molar-refractivity contribution in [3.8, 4) is 0 Å². The lowest BCUT2D eigenvalue weighted by Crippen LogP contribution is -2.39. The fourth-order valence-electron chi connectivity index (χ4n) is 4.99. The summed E-state index contributed by atoms with van der Waals surface area (Å²) in [6.07, 6.45) is -4.50. The van der Waals surface area contributed by atoms with Gasteiger partial charge in [-0.25, -0.2) is 22.7 Å². The monoisotopic (exact) mass is 567 g/mol. The first-order valence-corrected chi connectivity index (χ1v) is 14.3. The van der Waals surface area contributed by atoms with E-state index in [4.69, 9.17) is 9.84 Å². The average Bonchev–Trinajstić information content (AvgIpc) is 3.22. The standard InChI is InChI=1S/C25H28F3N5O5S/c1-16-17(3-2-4-19(16)25(26,27)28)13-21-20(15-31-7-11-39(36,37)12-8-31)29-23-18(24(34)35)14-22(30-33(21)23)32-5-9-38-10-6-32/h2-4,14H,5-13,15H2,1H3,(H,34,35). The van der Waals surface area contributed by atoms with Crippen molar-refractivity contribution in [3.05, 3.63) is 57.9 Å². The Morgan fingerprint density at radius 2 is 1.82 bits per heavy atom. The van der Waals surface area contributed by atoms with Gasteiger partial charge in [-0.3, -0.25) is 4.90 Å². The van der Waals surface area contributed by atoms with Gasteiger partial charge in [-0.05, 0) is 24.1 Å². The SMILES string of the molecule is Cc1c(Cc2c(CN3CCS(=O)(=O)CC3)nc3c(C(=O)O)cc(N4CCOCC4)nn23)cccc1C(F)(F)F. The normalized spacial score (nSPS) is 18.5. The van der Waals surface area contributed by atoms with Crippen LogP contribution in [0.3, 0.4) is 0 Å². The molecule has 1 aromatic carbocycles. The minimum atomic E-state index is -4.53. The van der Waals surface area contributed by atoms with Gasteiger partial charge in [0.1, 0.15) is 5.56 Å². The molecule has 0 spiro atoms. The molecule has 0 atom stereocenters. The molecule has 2 saturated heterocycles. The Bertz CT molecular complexity index is 1500. The van der Waals surface area contributed by atoms with Crippen molar-refractivity contribution < 1.29 is 36.2 Å². The number of carboxylic acids is 1. The molecule has 0 radical (unpaired) electrons. The Morgan fingerprint density at radius 3 is 2.46 bits per heavy atom. The second kappa shape index (κ2) is 10.4. The Hall–Kier alpha value is -3.23. The van der Waals surface area contributed by atoms with Crippen LogP contribution in [0.5, 0.6) is 0 Å². The van der Waals surface area contributed by atoms with Crippen LogP contribution >= 0.6 is 0 Å². The van der Waals surface area contributed by atoms with Gasteiger partial charge >= 0.3 is 12.1 Å². The number of nitrogens with zero attached hydrogens (tertiary/aromatic N) is 5. The van der Waals surface area contributed by atoms with Crippen molar-refractivity contribution >= 4 is 27.3 Å². The van der Waals surface area contributed by atoms with Gasteiger partial charge in [-0.15, -0.1) is 5.10 Å². The molecule has 10 nitrogen and oxygen atoms in total. The number of aromatic carboxylic acids is 1. The lowest BCUT2D eigenvalue weighted by atomic mass is 9.98. The van der Waals surface area contributed by atoms with Crippen LogP contribution in [-0.2, 0) is 33.7 Å². The molecule has 210 valence electrons. The molecule has 0 saturated carbocycles. The number of sulfone groups is 1. The van der Waals surface area contributed by atoms with E-state index in [1.165, 1.54) is 23.6 Å². The third kappa shape index (κ3) is 5.72. The molecule has 39 heavy (non-hydrogen) atoms. The molecular formula is C25H28F3N5O5S. The molecule has 2 aromatic heterocycles. The number of hydrogen-bond donors (Lipinski definition) is 1. The van der Waals surface area contributed by atoms with E-state index in [-0.39, 0.29) is 54.3 Å². The van der Waals surface area contributed by atoms with Crippen molar-refractivity contribution in [2.75, 3.05) is 55.8 Å². The predicted molar refractivity (Wildman–Crippen MR) is 136 cm³/mol. The number of carboxylic acid groups (broad SMARTS) is 1. The van der Waals surface area contributed by atoms with Crippen LogP contribution in [0, 0.1) is 6.92 Å². The van der Waals surface area contributed by atoms with Crippen LogP contribution in [0.4, 0.5) is 19.0 Å². The zero-order chi connectivity index (χ0) is 27.9. The fraction of sp³-hybridized carbons (Fsp3) is 0.480. The second-order valence-corrected chi connectivity index (χ2v) is 12.1. The maximum absolute atomic E-state index is 13.6. The molecule has 3 aromatic rings. The highest BCUT2D eigenvalue weighted by molar-refractivity contribution is 7.91. The number of alkyl halides is 3. The van der Waals surface area contributed by atoms with Gasteiger partial charge < -0.3 is 14.7 Å².